The number of phenols is 1. The first kappa shape index (κ1) is 20.9. The molecule has 31 heavy (non-hydrogen) atoms. The molecule has 7 nitrogen and oxygen atoms in total. The van der Waals surface area contributed by atoms with E-state index in [1.54, 1.807) is 34.6 Å². The summed E-state index contributed by atoms with van der Waals surface area (Å²) in [5, 5.41) is 10.5. The highest BCUT2D eigenvalue weighted by atomic mass is 16.5. The minimum atomic E-state index is -0.802. The van der Waals surface area contributed by atoms with Crippen LogP contribution in [0.3, 0.4) is 0 Å². The van der Waals surface area contributed by atoms with Crippen LogP contribution in [0.1, 0.15) is 57.4 Å². The molecule has 0 amide bonds. The number of hydrogen-bond acceptors (Lipinski definition) is 7. The van der Waals surface area contributed by atoms with Crippen molar-refractivity contribution in [3.05, 3.63) is 51.0 Å². The van der Waals surface area contributed by atoms with Gasteiger partial charge in [0.1, 0.15) is 17.6 Å². The maximum absolute atomic E-state index is 13.5. The highest BCUT2D eigenvalue weighted by Crippen LogP contribution is 2.53. The summed E-state index contributed by atoms with van der Waals surface area (Å²) in [6.45, 7) is 10.8. The van der Waals surface area contributed by atoms with E-state index in [4.69, 9.17) is 14.2 Å². The van der Waals surface area contributed by atoms with Gasteiger partial charge in [-0.1, -0.05) is 6.92 Å². The normalized spacial score (nSPS) is 21.8. The van der Waals surface area contributed by atoms with E-state index in [0.717, 1.165) is 11.1 Å². The molecular weight excluding hydrogens is 400 g/mol. The fourth-order valence-electron chi connectivity index (χ4n) is 4.58. The summed E-state index contributed by atoms with van der Waals surface area (Å²) in [7, 11) is 0. The van der Waals surface area contributed by atoms with Crippen LogP contribution in [-0.2, 0) is 23.9 Å². The molecule has 0 saturated heterocycles. The van der Waals surface area contributed by atoms with Gasteiger partial charge in [-0.05, 0) is 51.3 Å². The van der Waals surface area contributed by atoms with Crippen LogP contribution in [0.2, 0.25) is 0 Å². The van der Waals surface area contributed by atoms with Gasteiger partial charge >= 0.3 is 0 Å². The van der Waals surface area contributed by atoms with Gasteiger partial charge in [-0.2, -0.15) is 0 Å². The topological polar surface area (TPSA) is 99.1 Å². The van der Waals surface area contributed by atoms with Crippen molar-refractivity contribution in [2.24, 2.45) is 5.92 Å². The van der Waals surface area contributed by atoms with E-state index in [-0.39, 0.29) is 34.0 Å². The van der Waals surface area contributed by atoms with Crippen molar-refractivity contribution in [3.8, 4) is 11.5 Å². The Morgan fingerprint density at radius 1 is 1.10 bits per heavy atom. The summed E-state index contributed by atoms with van der Waals surface area (Å²) in [4.78, 5) is 37.7. The molecule has 1 aromatic rings. The minimum Gasteiger partial charge on any atom is -0.508 e. The van der Waals surface area contributed by atoms with Gasteiger partial charge in [0.25, 0.3) is 6.47 Å². The van der Waals surface area contributed by atoms with Gasteiger partial charge in [0.15, 0.2) is 17.6 Å². The first-order valence-corrected chi connectivity index (χ1v) is 10.1. The summed E-state index contributed by atoms with van der Waals surface area (Å²) in [5.41, 5.74) is 3.60. The number of allylic oxidation sites excluding steroid dienone is 4. The molecule has 3 atom stereocenters. The number of benzene rings is 1. The standard InChI is InChI=1S/C24H24O7/c1-9(13(5)29-8-25)18-12(4)21(27)20-23-19-16(31-24(20)22(18)28)7-15(26)11(3)17(19)10(2)14(6)30-23/h7-9,13,23,26H,1-6H3. The lowest BCUT2D eigenvalue weighted by atomic mass is 9.76. The maximum atomic E-state index is 13.5. The van der Waals surface area contributed by atoms with Crippen LogP contribution in [0.5, 0.6) is 11.5 Å². The van der Waals surface area contributed by atoms with Crippen molar-refractivity contribution in [3.63, 3.8) is 0 Å². The number of ketones is 2. The number of aromatic hydroxyl groups is 1. The molecule has 0 aromatic heterocycles. The quantitative estimate of drug-likeness (QED) is 0.579. The second-order valence-electron chi connectivity index (χ2n) is 8.25. The zero-order valence-corrected chi connectivity index (χ0v) is 18.3. The van der Waals surface area contributed by atoms with Crippen LogP contribution in [-0.4, -0.2) is 29.2 Å². The van der Waals surface area contributed by atoms with Gasteiger partial charge in [-0.25, -0.2) is 0 Å². The van der Waals surface area contributed by atoms with Crippen LogP contribution in [0.15, 0.2) is 34.3 Å². The third-order valence-electron chi connectivity index (χ3n) is 6.61. The molecule has 0 fully saturated rings. The van der Waals surface area contributed by atoms with Gasteiger partial charge in [0.2, 0.25) is 5.78 Å². The van der Waals surface area contributed by atoms with Gasteiger partial charge in [0, 0.05) is 28.7 Å². The smallest absolute Gasteiger partial charge is 0.293 e. The maximum Gasteiger partial charge on any atom is 0.293 e. The van der Waals surface area contributed by atoms with Crippen LogP contribution < -0.4 is 4.74 Å². The van der Waals surface area contributed by atoms with Gasteiger partial charge in [-0.15, -0.1) is 0 Å². The molecule has 162 valence electrons. The predicted molar refractivity (Wildman–Crippen MR) is 111 cm³/mol. The molecule has 0 radical (unpaired) electrons. The van der Waals surface area contributed by atoms with E-state index in [0.29, 0.717) is 29.1 Å². The lowest BCUT2D eigenvalue weighted by Crippen LogP contribution is -2.37. The number of carbonyl (C=O) groups is 3. The Balaban J connectivity index is 1.89. The van der Waals surface area contributed by atoms with Crippen molar-refractivity contribution < 1.29 is 33.7 Å². The van der Waals surface area contributed by atoms with Crippen molar-refractivity contribution in [1.82, 2.24) is 0 Å². The average Bonchev–Trinajstić information content (AvgIpc) is 2.72. The van der Waals surface area contributed by atoms with Crippen molar-refractivity contribution in [2.45, 2.75) is 53.8 Å². The van der Waals surface area contributed by atoms with Crippen LogP contribution >= 0.6 is 0 Å². The molecule has 1 aromatic carbocycles. The highest BCUT2D eigenvalue weighted by Gasteiger charge is 2.47. The number of hydrogen-bond donors (Lipinski definition) is 1. The average molecular weight is 424 g/mol. The predicted octanol–water partition coefficient (Wildman–Crippen LogP) is 3.84. The van der Waals surface area contributed by atoms with Crippen molar-refractivity contribution >= 4 is 23.6 Å². The number of phenolic OH excluding ortho intramolecular Hbond substituents is 1. The number of ether oxygens (including phenoxy) is 3. The van der Waals surface area contributed by atoms with Gasteiger partial charge in [-0.3, -0.25) is 14.4 Å². The first-order valence-electron chi connectivity index (χ1n) is 10.1. The summed E-state index contributed by atoms with van der Waals surface area (Å²) in [6, 6.07) is 1.45. The summed E-state index contributed by atoms with van der Waals surface area (Å²) in [6.07, 6.45) is -1.40. The fraction of sp³-hybridized carbons (Fsp3) is 0.375. The number of Topliss-reactive ketones (excluding diaryl/α,β-unsaturated/α-hetero) is 2. The number of rotatable bonds is 4. The molecule has 7 heteroatoms. The summed E-state index contributed by atoms with van der Waals surface area (Å²) in [5.74, 6) is -0.462. The Bertz CT molecular complexity index is 1150. The molecule has 2 heterocycles. The third kappa shape index (κ3) is 2.83. The summed E-state index contributed by atoms with van der Waals surface area (Å²) < 4.78 is 17.1. The van der Waals surface area contributed by atoms with E-state index in [1.165, 1.54) is 6.07 Å². The van der Waals surface area contributed by atoms with Gasteiger partial charge in [0.05, 0.1) is 11.3 Å². The molecule has 0 spiro atoms. The molecule has 3 aliphatic rings. The van der Waals surface area contributed by atoms with E-state index < -0.39 is 23.9 Å². The van der Waals surface area contributed by atoms with E-state index in [2.05, 4.69) is 0 Å². The second-order valence-corrected chi connectivity index (χ2v) is 8.25. The van der Waals surface area contributed by atoms with Crippen LogP contribution in [0, 0.1) is 12.8 Å². The monoisotopic (exact) mass is 424 g/mol. The Hall–Kier alpha value is -3.35. The largest absolute Gasteiger partial charge is 0.508 e. The SMILES string of the molecule is CC1=C(C)c2c(C)c(O)cc3c2C(O1)C1=C(O3)C(=O)C(C(C)C(C)OC=O)=C(C)C1=O. The third-order valence-corrected chi connectivity index (χ3v) is 6.61. The molecular formula is C24H24O7. The molecule has 2 aliphatic heterocycles. The Morgan fingerprint density at radius 2 is 1.77 bits per heavy atom. The molecule has 0 saturated carbocycles. The first-order chi connectivity index (χ1) is 14.6. The van der Waals surface area contributed by atoms with Crippen LogP contribution in [0.4, 0.5) is 0 Å². The van der Waals surface area contributed by atoms with E-state index in [9.17, 15) is 19.5 Å². The van der Waals surface area contributed by atoms with Crippen molar-refractivity contribution in [2.75, 3.05) is 0 Å². The molecule has 1 aliphatic carbocycles. The second kappa shape index (κ2) is 7.11. The van der Waals surface area contributed by atoms with E-state index >= 15 is 0 Å². The fourth-order valence-corrected chi connectivity index (χ4v) is 4.58. The summed E-state index contributed by atoms with van der Waals surface area (Å²) >= 11 is 0. The highest BCUT2D eigenvalue weighted by molar-refractivity contribution is 6.25. The molecule has 3 unspecified atom stereocenters. The molecule has 4 rings (SSSR count). The lowest BCUT2D eigenvalue weighted by Gasteiger charge is -2.38. The molecule has 1 N–H and O–H groups in total. The number of fused-ring (bicyclic) bond motifs is 1. The van der Waals surface area contributed by atoms with E-state index in [1.807, 2.05) is 6.92 Å². The zero-order chi connectivity index (χ0) is 22.8. The minimum absolute atomic E-state index is 0.0357. The van der Waals surface area contributed by atoms with Gasteiger partial charge < -0.3 is 19.3 Å². The Kier molecular flexibility index (Phi) is 4.80. The van der Waals surface area contributed by atoms with Crippen LogP contribution in [0.25, 0.3) is 5.57 Å². The zero-order valence-electron chi connectivity index (χ0n) is 18.3. The van der Waals surface area contributed by atoms with Crippen molar-refractivity contribution in [1.29, 1.82) is 0 Å². The molecule has 0 bridgehead atoms. The number of carbonyl (C=O) groups excluding carboxylic acids is 3. The Labute approximate surface area is 180 Å². The lowest BCUT2D eigenvalue weighted by molar-refractivity contribution is -0.134. The Morgan fingerprint density at radius 3 is 2.42 bits per heavy atom.